The molecular weight excluding hydrogens is 500 g/mol. The number of carbonyl (C=O) groups is 1. The normalized spacial score (nSPS) is 23.2. The molecule has 0 N–H and O–H groups in total. The largest absolute Gasteiger partial charge is 0.497 e. The van der Waals surface area contributed by atoms with Gasteiger partial charge in [0.15, 0.2) is 15.0 Å². The second-order valence-electron chi connectivity index (χ2n) is 7.87. The van der Waals surface area contributed by atoms with E-state index in [2.05, 4.69) is 20.9 Å². The van der Waals surface area contributed by atoms with Crippen LogP contribution in [0.2, 0.25) is 0 Å². The van der Waals surface area contributed by atoms with Crippen LogP contribution in [0.3, 0.4) is 0 Å². The second kappa shape index (κ2) is 8.60. The van der Waals surface area contributed by atoms with E-state index in [-0.39, 0.29) is 35.1 Å². The predicted octanol–water partition coefficient (Wildman–Crippen LogP) is 3.92. The Balaban J connectivity index is 1.67. The number of carbonyl (C=O) groups excluding carboxylic acids is 1. The van der Waals surface area contributed by atoms with Gasteiger partial charge in [0.1, 0.15) is 5.75 Å². The van der Waals surface area contributed by atoms with Crippen molar-refractivity contribution in [2.75, 3.05) is 23.5 Å². The molecular formula is C22H23BrN2O4S2. The van der Waals surface area contributed by atoms with E-state index in [1.807, 2.05) is 55.1 Å². The molecule has 0 saturated carbocycles. The highest BCUT2D eigenvalue weighted by Crippen LogP contribution is 2.43. The SMILES string of the molecule is COc1ccc(CC(=O)N=C2S[C@@H]3CS(=O)(=O)C[C@@H]3N2c2c(C)cc(Br)cc2C)cc1. The molecule has 2 saturated heterocycles. The standard InChI is InChI=1S/C22H23BrN2O4S2/c1-13-8-16(23)9-14(2)21(13)25-18-11-31(27,28)12-19(18)30-22(25)24-20(26)10-15-4-6-17(29-3)7-5-15/h4-9,18-19H,10-12H2,1-3H3/t18-,19+/m0/s1. The van der Waals surface area contributed by atoms with Crippen LogP contribution in [0.4, 0.5) is 5.69 Å². The van der Waals surface area contributed by atoms with E-state index in [1.165, 1.54) is 11.8 Å². The van der Waals surface area contributed by atoms with Gasteiger partial charge in [-0.3, -0.25) is 4.79 Å². The summed E-state index contributed by atoms with van der Waals surface area (Å²) in [5.74, 6) is 0.660. The average molecular weight is 523 g/mol. The number of ether oxygens (including phenoxy) is 1. The highest BCUT2D eigenvalue weighted by atomic mass is 79.9. The van der Waals surface area contributed by atoms with Crippen LogP contribution in [0.1, 0.15) is 16.7 Å². The van der Waals surface area contributed by atoms with Crippen LogP contribution in [-0.4, -0.2) is 49.4 Å². The Labute approximate surface area is 195 Å². The number of hydrogen-bond donors (Lipinski definition) is 0. The number of hydrogen-bond acceptors (Lipinski definition) is 5. The van der Waals surface area contributed by atoms with Gasteiger partial charge in [0.25, 0.3) is 5.91 Å². The second-order valence-corrected chi connectivity index (χ2v) is 12.1. The molecule has 0 aliphatic carbocycles. The van der Waals surface area contributed by atoms with Gasteiger partial charge < -0.3 is 9.64 Å². The van der Waals surface area contributed by atoms with E-state index in [0.717, 1.165) is 32.6 Å². The van der Waals surface area contributed by atoms with E-state index in [0.29, 0.717) is 5.17 Å². The van der Waals surface area contributed by atoms with E-state index in [1.54, 1.807) is 7.11 Å². The molecule has 0 spiro atoms. The Hall–Kier alpha value is -1.84. The van der Waals surface area contributed by atoms with Crippen molar-refractivity contribution in [3.63, 3.8) is 0 Å². The number of thioether (sulfide) groups is 1. The number of halogens is 1. The maximum absolute atomic E-state index is 12.8. The fraction of sp³-hybridized carbons (Fsp3) is 0.364. The molecule has 2 aliphatic heterocycles. The number of rotatable bonds is 4. The molecule has 0 aromatic heterocycles. The van der Waals surface area contributed by atoms with Gasteiger partial charge in [-0.1, -0.05) is 39.8 Å². The summed E-state index contributed by atoms with van der Waals surface area (Å²) >= 11 is 4.92. The van der Waals surface area contributed by atoms with Crippen molar-refractivity contribution in [1.29, 1.82) is 0 Å². The van der Waals surface area contributed by atoms with Crippen molar-refractivity contribution < 1.29 is 17.9 Å². The number of nitrogens with zero attached hydrogens (tertiary/aromatic N) is 2. The van der Waals surface area contributed by atoms with Gasteiger partial charge in [-0.2, -0.15) is 4.99 Å². The van der Waals surface area contributed by atoms with Crippen LogP contribution in [0, 0.1) is 13.8 Å². The third kappa shape index (κ3) is 4.68. The minimum Gasteiger partial charge on any atom is -0.497 e. The van der Waals surface area contributed by atoms with Crippen molar-refractivity contribution in [1.82, 2.24) is 0 Å². The van der Waals surface area contributed by atoms with E-state index < -0.39 is 9.84 Å². The first-order valence-electron chi connectivity index (χ1n) is 9.84. The summed E-state index contributed by atoms with van der Waals surface area (Å²) in [7, 11) is -1.51. The molecule has 164 valence electrons. The van der Waals surface area contributed by atoms with E-state index >= 15 is 0 Å². The number of fused-ring (bicyclic) bond motifs is 1. The minimum absolute atomic E-state index is 0.0747. The molecule has 2 aliphatic rings. The lowest BCUT2D eigenvalue weighted by molar-refractivity contribution is -0.117. The first-order chi connectivity index (χ1) is 14.7. The highest BCUT2D eigenvalue weighted by Gasteiger charge is 2.50. The summed E-state index contributed by atoms with van der Waals surface area (Å²) in [4.78, 5) is 19.2. The number of aryl methyl sites for hydroxylation is 2. The number of aliphatic imine (C=N–C) groups is 1. The van der Waals surface area contributed by atoms with Crippen molar-refractivity contribution >= 4 is 54.3 Å². The number of methoxy groups -OCH3 is 1. The number of benzene rings is 2. The molecule has 0 bridgehead atoms. The summed E-state index contributed by atoms with van der Waals surface area (Å²) in [6.45, 7) is 3.98. The van der Waals surface area contributed by atoms with Gasteiger partial charge in [-0.15, -0.1) is 0 Å². The van der Waals surface area contributed by atoms with Gasteiger partial charge in [-0.25, -0.2) is 8.42 Å². The number of anilines is 1. The quantitative estimate of drug-likeness (QED) is 0.605. The van der Waals surface area contributed by atoms with Gasteiger partial charge in [-0.05, 0) is 54.8 Å². The molecule has 31 heavy (non-hydrogen) atoms. The maximum atomic E-state index is 12.8. The van der Waals surface area contributed by atoms with Crippen LogP contribution in [-0.2, 0) is 21.1 Å². The molecule has 2 atom stereocenters. The van der Waals surface area contributed by atoms with Crippen molar-refractivity contribution in [2.24, 2.45) is 4.99 Å². The Bertz CT molecular complexity index is 1140. The minimum atomic E-state index is -3.11. The fourth-order valence-corrected chi connectivity index (χ4v) is 8.78. The van der Waals surface area contributed by atoms with Crippen LogP contribution in [0.15, 0.2) is 45.9 Å². The van der Waals surface area contributed by atoms with E-state index in [9.17, 15) is 13.2 Å². The molecule has 2 heterocycles. The monoisotopic (exact) mass is 522 g/mol. The summed E-state index contributed by atoms with van der Waals surface area (Å²) in [6.07, 6.45) is 0.174. The number of amidine groups is 1. The molecule has 2 aromatic carbocycles. The highest BCUT2D eigenvalue weighted by molar-refractivity contribution is 9.10. The average Bonchev–Trinajstić information content (AvgIpc) is 3.13. The summed E-state index contributed by atoms with van der Waals surface area (Å²) in [5, 5.41) is 0.455. The third-order valence-electron chi connectivity index (χ3n) is 5.50. The summed E-state index contributed by atoms with van der Waals surface area (Å²) in [5.41, 5.74) is 3.79. The van der Waals surface area contributed by atoms with Crippen molar-refractivity contribution in [2.45, 2.75) is 31.6 Å². The molecule has 1 amide bonds. The lowest BCUT2D eigenvalue weighted by atomic mass is 10.1. The molecule has 0 unspecified atom stereocenters. The molecule has 9 heteroatoms. The van der Waals surface area contributed by atoms with Gasteiger partial charge in [0.2, 0.25) is 0 Å². The van der Waals surface area contributed by atoms with Crippen molar-refractivity contribution in [3.8, 4) is 5.75 Å². The van der Waals surface area contributed by atoms with Crippen LogP contribution in [0.5, 0.6) is 5.75 Å². The Kier molecular flexibility index (Phi) is 6.20. The van der Waals surface area contributed by atoms with Gasteiger partial charge in [0.05, 0.1) is 31.1 Å². The van der Waals surface area contributed by atoms with Crippen LogP contribution in [0.25, 0.3) is 0 Å². The Morgan fingerprint density at radius 2 is 1.84 bits per heavy atom. The Morgan fingerprint density at radius 3 is 2.45 bits per heavy atom. The molecule has 0 radical (unpaired) electrons. The molecule has 6 nitrogen and oxygen atoms in total. The van der Waals surface area contributed by atoms with Crippen LogP contribution >= 0.6 is 27.7 Å². The van der Waals surface area contributed by atoms with Crippen LogP contribution < -0.4 is 9.64 Å². The topological polar surface area (TPSA) is 76.0 Å². The van der Waals surface area contributed by atoms with Gasteiger partial charge in [0, 0.05) is 15.4 Å². The van der Waals surface area contributed by atoms with Crippen molar-refractivity contribution in [3.05, 3.63) is 57.6 Å². The zero-order chi connectivity index (χ0) is 22.3. The smallest absolute Gasteiger partial charge is 0.252 e. The fourth-order valence-electron chi connectivity index (χ4n) is 4.17. The predicted molar refractivity (Wildman–Crippen MR) is 129 cm³/mol. The zero-order valence-electron chi connectivity index (χ0n) is 17.5. The molecule has 2 aromatic rings. The number of amides is 1. The lowest BCUT2D eigenvalue weighted by Gasteiger charge is -2.28. The van der Waals surface area contributed by atoms with Gasteiger partial charge >= 0.3 is 0 Å². The molecule has 2 fully saturated rings. The van der Waals surface area contributed by atoms with E-state index in [4.69, 9.17) is 4.74 Å². The zero-order valence-corrected chi connectivity index (χ0v) is 20.7. The lowest BCUT2D eigenvalue weighted by Crippen LogP contribution is -2.38. The summed E-state index contributed by atoms with van der Waals surface area (Å²) in [6, 6.07) is 11.1. The molecule has 4 rings (SSSR count). The number of sulfone groups is 1. The maximum Gasteiger partial charge on any atom is 0.252 e. The third-order valence-corrected chi connectivity index (χ3v) is 9.17. The summed E-state index contributed by atoms with van der Waals surface area (Å²) < 4.78 is 30.7. The first kappa shape index (κ1) is 22.4. The Morgan fingerprint density at radius 1 is 1.19 bits per heavy atom. The first-order valence-corrected chi connectivity index (χ1v) is 13.3.